The second-order valence-electron chi connectivity index (χ2n) is 5.25. The summed E-state index contributed by atoms with van der Waals surface area (Å²) in [4.78, 5) is 13.2. The number of anilines is 1. The molecule has 1 N–H and O–H groups in total. The molecule has 0 saturated carbocycles. The number of hydrogen-bond acceptors (Lipinski definition) is 5. The zero-order valence-corrected chi connectivity index (χ0v) is 12.0. The third-order valence-corrected chi connectivity index (χ3v) is 3.78. The fourth-order valence-corrected chi connectivity index (χ4v) is 2.62. The molecule has 1 saturated heterocycles. The summed E-state index contributed by atoms with van der Waals surface area (Å²) in [6.45, 7) is 3.26. The number of likely N-dealkylation sites (tertiary alicyclic amines) is 1. The highest BCUT2D eigenvalue weighted by Gasteiger charge is 2.20. The molecule has 0 unspecified atom stereocenters. The predicted octanol–water partition coefficient (Wildman–Crippen LogP) is 2.16. The molecule has 2 aromatic rings. The average molecular weight is 286 g/mol. The first-order valence-electron chi connectivity index (χ1n) is 7.11. The Morgan fingerprint density at radius 1 is 1.38 bits per heavy atom. The van der Waals surface area contributed by atoms with E-state index in [1.165, 1.54) is 6.39 Å². The summed E-state index contributed by atoms with van der Waals surface area (Å²) in [6, 6.07) is 8.32. The van der Waals surface area contributed by atoms with Gasteiger partial charge in [-0.25, -0.2) is 0 Å². The van der Waals surface area contributed by atoms with Gasteiger partial charge in [0.15, 0.2) is 0 Å². The Bertz CT molecular complexity index is 604. The van der Waals surface area contributed by atoms with Crippen molar-refractivity contribution in [3.05, 3.63) is 30.7 Å². The molecule has 1 aromatic heterocycles. The highest BCUT2D eigenvalue weighted by atomic mass is 16.4. The minimum Gasteiger partial charge on any atom is -0.423 e. The first-order valence-corrected chi connectivity index (χ1v) is 7.11. The maximum atomic E-state index is 11.3. The molecule has 1 aliphatic heterocycles. The van der Waals surface area contributed by atoms with Crippen LogP contribution in [0, 0.1) is 0 Å². The normalized spacial score (nSPS) is 16.0. The lowest BCUT2D eigenvalue weighted by Gasteiger charge is -2.32. The van der Waals surface area contributed by atoms with Crippen molar-refractivity contribution in [2.45, 2.75) is 25.8 Å². The van der Waals surface area contributed by atoms with Crippen molar-refractivity contribution in [1.29, 1.82) is 0 Å². The van der Waals surface area contributed by atoms with Crippen molar-refractivity contribution in [1.82, 2.24) is 15.1 Å². The van der Waals surface area contributed by atoms with Gasteiger partial charge in [0, 0.05) is 37.3 Å². The maximum Gasteiger partial charge on any atom is 0.247 e. The lowest BCUT2D eigenvalue weighted by atomic mass is 10.0. The molecule has 6 nitrogen and oxygen atoms in total. The first kappa shape index (κ1) is 13.6. The fourth-order valence-electron chi connectivity index (χ4n) is 2.62. The Morgan fingerprint density at radius 3 is 2.86 bits per heavy atom. The van der Waals surface area contributed by atoms with E-state index in [-0.39, 0.29) is 5.91 Å². The van der Waals surface area contributed by atoms with E-state index in [9.17, 15) is 4.79 Å². The molecule has 0 spiro atoms. The molecular weight excluding hydrogens is 268 g/mol. The van der Waals surface area contributed by atoms with Gasteiger partial charge >= 0.3 is 0 Å². The highest BCUT2D eigenvalue weighted by Crippen LogP contribution is 2.22. The van der Waals surface area contributed by atoms with E-state index >= 15 is 0 Å². The summed E-state index contributed by atoms with van der Waals surface area (Å²) in [5.41, 5.74) is 1.94. The van der Waals surface area contributed by atoms with Crippen molar-refractivity contribution >= 4 is 11.6 Å². The summed E-state index contributed by atoms with van der Waals surface area (Å²) in [5.74, 6) is 0.678. The molecule has 2 heterocycles. The predicted molar refractivity (Wildman–Crippen MR) is 78.6 cm³/mol. The summed E-state index contributed by atoms with van der Waals surface area (Å²) >= 11 is 0. The van der Waals surface area contributed by atoms with E-state index in [1.54, 1.807) is 6.92 Å². The van der Waals surface area contributed by atoms with Gasteiger partial charge in [0.05, 0.1) is 0 Å². The zero-order valence-electron chi connectivity index (χ0n) is 12.0. The van der Waals surface area contributed by atoms with E-state index in [0.717, 1.165) is 37.2 Å². The number of nitrogens with zero attached hydrogens (tertiary/aromatic N) is 3. The van der Waals surface area contributed by atoms with Gasteiger partial charge in [-0.3, -0.25) is 4.79 Å². The number of hydrogen-bond donors (Lipinski definition) is 1. The molecule has 1 amide bonds. The van der Waals surface area contributed by atoms with Crippen LogP contribution in [-0.2, 0) is 4.79 Å². The SMILES string of the molecule is CC(=O)N1CCC(Nc2cccc(-c3nnco3)c2)CC1. The summed E-state index contributed by atoms with van der Waals surface area (Å²) in [5, 5.41) is 11.1. The van der Waals surface area contributed by atoms with E-state index in [2.05, 4.69) is 15.5 Å². The van der Waals surface area contributed by atoms with Crippen molar-refractivity contribution in [2.75, 3.05) is 18.4 Å². The van der Waals surface area contributed by atoms with Gasteiger partial charge in [-0.2, -0.15) is 0 Å². The van der Waals surface area contributed by atoms with Crippen molar-refractivity contribution in [2.24, 2.45) is 0 Å². The number of carbonyl (C=O) groups excluding carboxylic acids is 1. The van der Waals surface area contributed by atoms with Crippen LogP contribution in [0.2, 0.25) is 0 Å². The summed E-state index contributed by atoms with van der Waals surface area (Å²) in [6.07, 6.45) is 3.25. The number of piperidine rings is 1. The minimum atomic E-state index is 0.159. The quantitative estimate of drug-likeness (QED) is 0.936. The number of aromatic nitrogens is 2. The van der Waals surface area contributed by atoms with Crippen LogP contribution in [0.4, 0.5) is 5.69 Å². The van der Waals surface area contributed by atoms with Crippen LogP contribution in [0.15, 0.2) is 35.1 Å². The second-order valence-corrected chi connectivity index (χ2v) is 5.25. The topological polar surface area (TPSA) is 71.3 Å². The number of carbonyl (C=O) groups is 1. The van der Waals surface area contributed by atoms with Crippen LogP contribution in [-0.4, -0.2) is 40.1 Å². The number of amides is 1. The molecule has 0 atom stereocenters. The van der Waals surface area contributed by atoms with Crippen LogP contribution in [0.25, 0.3) is 11.5 Å². The molecule has 6 heteroatoms. The molecule has 0 bridgehead atoms. The Labute approximate surface area is 123 Å². The first-order chi connectivity index (χ1) is 10.2. The highest BCUT2D eigenvalue weighted by molar-refractivity contribution is 5.73. The fraction of sp³-hybridized carbons (Fsp3) is 0.400. The third-order valence-electron chi connectivity index (χ3n) is 3.78. The van der Waals surface area contributed by atoms with E-state index in [4.69, 9.17) is 4.42 Å². The molecular formula is C15H18N4O2. The largest absolute Gasteiger partial charge is 0.423 e. The molecule has 3 rings (SSSR count). The molecule has 1 aromatic carbocycles. The zero-order chi connectivity index (χ0) is 14.7. The van der Waals surface area contributed by atoms with Crippen molar-refractivity contribution in [3.63, 3.8) is 0 Å². The molecule has 0 radical (unpaired) electrons. The Morgan fingerprint density at radius 2 is 2.19 bits per heavy atom. The van der Waals surface area contributed by atoms with Gasteiger partial charge in [-0.1, -0.05) is 6.07 Å². The van der Waals surface area contributed by atoms with E-state index < -0.39 is 0 Å². The standard InChI is InChI=1S/C15H18N4O2/c1-11(20)19-7-5-13(6-8-19)17-14-4-2-3-12(9-14)15-18-16-10-21-15/h2-4,9-10,13,17H,5-8H2,1H3. The number of nitrogens with one attached hydrogen (secondary N) is 1. The van der Waals surface area contributed by atoms with Crippen LogP contribution in [0.5, 0.6) is 0 Å². The van der Waals surface area contributed by atoms with Crippen molar-refractivity contribution < 1.29 is 9.21 Å². The van der Waals surface area contributed by atoms with Crippen LogP contribution in [0.1, 0.15) is 19.8 Å². The van der Waals surface area contributed by atoms with Gasteiger partial charge in [0.2, 0.25) is 18.2 Å². The Balaban J connectivity index is 1.64. The van der Waals surface area contributed by atoms with Gasteiger partial charge in [-0.15, -0.1) is 10.2 Å². The third kappa shape index (κ3) is 3.21. The smallest absolute Gasteiger partial charge is 0.247 e. The van der Waals surface area contributed by atoms with Gasteiger partial charge in [0.1, 0.15) is 0 Å². The second kappa shape index (κ2) is 5.95. The van der Waals surface area contributed by atoms with Gasteiger partial charge in [0.25, 0.3) is 0 Å². The monoisotopic (exact) mass is 286 g/mol. The lowest BCUT2D eigenvalue weighted by Crippen LogP contribution is -2.41. The summed E-state index contributed by atoms with van der Waals surface area (Å²) in [7, 11) is 0. The van der Waals surface area contributed by atoms with Crippen LogP contribution < -0.4 is 5.32 Å². The molecule has 21 heavy (non-hydrogen) atoms. The molecule has 0 aliphatic carbocycles. The molecule has 1 aliphatic rings. The molecule has 110 valence electrons. The Kier molecular flexibility index (Phi) is 3.85. The maximum absolute atomic E-state index is 11.3. The van der Waals surface area contributed by atoms with Gasteiger partial charge in [-0.05, 0) is 31.0 Å². The van der Waals surface area contributed by atoms with E-state index in [0.29, 0.717) is 11.9 Å². The summed E-state index contributed by atoms with van der Waals surface area (Å²) < 4.78 is 5.21. The number of benzene rings is 1. The average Bonchev–Trinajstić information content (AvgIpc) is 3.02. The van der Waals surface area contributed by atoms with E-state index in [1.807, 2.05) is 29.2 Å². The van der Waals surface area contributed by atoms with Crippen LogP contribution >= 0.6 is 0 Å². The van der Waals surface area contributed by atoms with Crippen LogP contribution in [0.3, 0.4) is 0 Å². The van der Waals surface area contributed by atoms with Crippen molar-refractivity contribution in [3.8, 4) is 11.5 Å². The lowest BCUT2D eigenvalue weighted by molar-refractivity contribution is -0.129. The number of rotatable bonds is 3. The van der Waals surface area contributed by atoms with Gasteiger partial charge < -0.3 is 14.6 Å². The molecule has 1 fully saturated rings. The Hall–Kier alpha value is -2.37. The minimum absolute atomic E-state index is 0.159.